The van der Waals surface area contributed by atoms with Gasteiger partial charge in [-0.05, 0) is 44.2 Å². The van der Waals surface area contributed by atoms with E-state index in [-0.39, 0.29) is 23.7 Å². The minimum Gasteiger partial charge on any atom is -0.434 e. The second-order valence-corrected chi connectivity index (χ2v) is 6.11. The summed E-state index contributed by atoms with van der Waals surface area (Å²) in [5.74, 6) is 0.129. The SMILES string of the molecule is CC(=CC(=O)N1CCC(C(C)O)CC1)c1ccccc1OC(F)F. The molecular weight excluding hydrogens is 316 g/mol. The number of rotatable bonds is 5. The molecule has 0 aromatic heterocycles. The highest BCUT2D eigenvalue weighted by Gasteiger charge is 2.24. The molecule has 1 amide bonds. The number of para-hydroxylation sites is 1. The summed E-state index contributed by atoms with van der Waals surface area (Å²) in [7, 11) is 0. The molecule has 4 nitrogen and oxygen atoms in total. The van der Waals surface area contributed by atoms with E-state index < -0.39 is 6.61 Å². The van der Waals surface area contributed by atoms with Gasteiger partial charge < -0.3 is 14.7 Å². The molecule has 24 heavy (non-hydrogen) atoms. The van der Waals surface area contributed by atoms with E-state index in [1.807, 2.05) is 0 Å². The minimum absolute atomic E-state index is 0.0573. The number of nitrogens with zero attached hydrogens (tertiary/aromatic N) is 1. The van der Waals surface area contributed by atoms with Crippen LogP contribution in [0.25, 0.3) is 5.57 Å². The van der Waals surface area contributed by atoms with Crippen LogP contribution in [0.1, 0.15) is 32.3 Å². The van der Waals surface area contributed by atoms with Gasteiger partial charge in [0.15, 0.2) is 0 Å². The number of hydrogen-bond donors (Lipinski definition) is 1. The number of aliphatic hydroxyl groups excluding tert-OH is 1. The van der Waals surface area contributed by atoms with Crippen LogP contribution in [-0.2, 0) is 4.79 Å². The van der Waals surface area contributed by atoms with Gasteiger partial charge in [-0.2, -0.15) is 8.78 Å². The molecule has 2 rings (SSSR count). The first kappa shape index (κ1) is 18.4. The van der Waals surface area contributed by atoms with E-state index in [9.17, 15) is 18.7 Å². The Kier molecular flexibility index (Phi) is 6.31. The predicted octanol–water partition coefficient (Wildman–Crippen LogP) is 3.31. The van der Waals surface area contributed by atoms with Gasteiger partial charge in [0.1, 0.15) is 5.75 Å². The summed E-state index contributed by atoms with van der Waals surface area (Å²) in [6.45, 7) is 1.75. The lowest BCUT2D eigenvalue weighted by atomic mass is 9.92. The van der Waals surface area contributed by atoms with E-state index in [0.717, 1.165) is 12.8 Å². The van der Waals surface area contributed by atoms with Crippen molar-refractivity contribution in [2.24, 2.45) is 5.92 Å². The van der Waals surface area contributed by atoms with Crippen molar-refractivity contribution in [3.05, 3.63) is 35.9 Å². The van der Waals surface area contributed by atoms with E-state index in [0.29, 0.717) is 24.2 Å². The lowest BCUT2D eigenvalue weighted by molar-refractivity contribution is -0.127. The van der Waals surface area contributed by atoms with E-state index in [4.69, 9.17) is 0 Å². The Morgan fingerprint density at radius 3 is 2.54 bits per heavy atom. The number of likely N-dealkylation sites (tertiary alicyclic amines) is 1. The molecule has 1 aliphatic heterocycles. The molecule has 1 fully saturated rings. The summed E-state index contributed by atoms with van der Waals surface area (Å²) < 4.78 is 29.5. The number of benzene rings is 1. The number of allylic oxidation sites excluding steroid dienone is 1. The van der Waals surface area contributed by atoms with Gasteiger partial charge in [-0.15, -0.1) is 0 Å². The fraction of sp³-hybridized carbons (Fsp3) is 0.500. The molecule has 132 valence electrons. The van der Waals surface area contributed by atoms with Crippen LogP contribution < -0.4 is 4.74 Å². The van der Waals surface area contributed by atoms with Crippen LogP contribution in [0.2, 0.25) is 0 Å². The highest BCUT2D eigenvalue weighted by molar-refractivity contribution is 5.95. The van der Waals surface area contributed by atoms with E-state index in [1.54, 1.807) is 36.9 Å². The van der Waals surface area contributed by atoms with Gasteiger partial charge in [0.2, 0.25) is 5.91 Å². The van der Waals surface area contributed by atoms with Crippen molar-refractivity contribution < 1.29 is 23.4 Å². The Morgan fingerprint density at radius 1 is 1.33 bits per heavy atom. The number of halogens is 2. The third kappa shape index (κ3) is 4.77. The molecular formula is C18H23F2NO3. The van der Waals surface area contributed by atoms with Gasteiger partial charge in [0.05, 0.1) is 6.10 Å². The lowest BCUT2D eigenvalue weighted by Gasteiger charge is -2.32. The lowest BCUT2D eigenvalue weighted by Crippen LogP contribution is -2.40. The first-order chi connectivity index (χ1) is 11.4. The normalized spacial score (nSPS) is 17.9. The highest BCUT2D eigenvalue weighted by atomic mass is 19.3. The molecule has 0 radical (unpaired) electrons. The fourth-order valence-electron chi connectivity index (χ4n) is 2.95. The molecule has 6 heteroatoms. The van der Waals surface area contributed by atoms with Crippen molar-refractivity contribution in [2.45, 2.75) is 39.4 Å². The molecule has 0 bridgehead atoms. The summed E-state index contributed by atoms with van der Waals surface area (Å²) in [5.41, 5.74) is 1.05. The third-order valence-electron chi connectivity index (χ3n) is 4.40. The Bertz CT molecular complexity index is 594. The molecule has 1 atom stereocenters. The zero-order chi connectivity index (χ0) is 17.7. The third-order valence-corrected chi connectivity index (χ3v) is 4.40. The molecule has 0 spiro atoms. The maximum Gasteiger partial charge on any atom is 0.387 e. The van der Waals surface area contributed by atoms with Gasteiger partial charge in [-0.25, -0.2) is 0 Å². The van der Waals surface area contributed by atoms with Gasteiger partial charge in [-0.1, -0.05) is 18.2 Å². The van der Waals surface area contributed by atoms with Crippen LogP contribution in [-0.4, -0.2) is 41.7 Å². The molecule has 0 aliphatic carbocycles. The predicted molar refractivity (Wildman–Crippen MR) is 87.7 cm³/mol. The summed E-state index contributed by atoms with van der Waals surface area (Å²) in [6.07, 6.45) is 2.62. The summed E-state index contributed by atoms with van der Waals surface area (Å²) in [4.78, 5) is 14.1. The van der Waals surface area contributed by atoms with Crippen molar-refractivity contribution in [3.8, 4) is 5.75 Å². The number of hydrogen-bond acceptors (Lipinski definition) is 3. The molecule has 1 aromatic carbocycles. The van der Waals surface area contributed by atoms with Gasteiger partial charge in [-0.3, -0.25) is 4.79 Å². The number of alkyl halides is 2. The van der Waals surface area contributed by atoms with Crippen molar-refractivity contribution in [1.29, 1.82) is 0 Å². The van der Waals surface area contributed by atoms with E-state index in [1.165, 1.54) is 12.1 Å². The van der Waals surface area contributed by atoms with Gasteiger partial charge in [0, 0.05) is 24.7 Å². The number of ether oxygens (including phenoxy) is 1. The molecule has 1 saturated heterocycles. The standard InChI is InChI=1S/C18H23F2NO3/c1-12(15-5-3-4-6-16(15)24-18(19)20)11-17(23)21-9-7-14(8-10-21)13(2)22/h3-6,11,13-14,18,22H,7-10H2,1-2H3. The van der Waals surface area contributed by atoms with Crippen molar-refractivity contribution in [3.63, 3.8) is 0 Å². The Labute approximate surface area is 140 Å². The summed E-state index contributed by atoms with van der Waals surface area (Å²) >= 11 is 0. The van der Waals surface area contributed by atoms with E-state index >= 15 is 0 Å². The maximum atomic E-state index is 12.5. The average Bonchev–Trinajstić information content (AvgIpc) is 2.54. The topological polar surface area (TPSA) is 49.8 Å². The fourth-order valence-corrected chi connectivity index (χ4v) is 2.95. The number of amides is 1. The number of carbonyl (C=O) groups excluding carboxylic acids is 1. The minimum atomic E-state index is -2.91. The van der Waals surface area contributed by atoms with Crippen LogP contribution in [0.4, 0.5) is 8.78 Å². The zero-order valence-corrected chi connectivity index (χ0v) is 13.9. The Morgan fingerprint density at radius 2 is 1.96 bits per heavy atom. The molecule has 1 unspecified atom stereocenters. The van der Waals surface area contributed by atoms with Gasteiger partial charge in [0.25, 0.3) is 0 Å². The van der Waals surface area contributed by atoms with Crippen LogP contribution in [0.3, 0.4) is 0 Å². The summed E-state index contributed by atoms with van der Waals surface area (Å²) in [5, 5.41) is 9.61. The molecule has 1 heterocycles. The van der Waals surface area contributed by atoms with Crippen molar-refractivity contribution in [1.82, 2.24) is 4.90 Å². The Balaban J connectivity index is 2.07. The largest absolute Gasteiger partial charge is 0.434 e. The quantitative estimate of drug-likeness (QED) is 0.838. The highest BCUT2D eigenvalue weighted by Crippen LogP contribution is 2.27. The van der Waals surface area contributed by atoms with Gasteiger partial charge >= 0.3 is 6.61 Å². The van der Waals surface area contributed by atoms with Crippen LogP contribution in [0.15, 0.2) is 30.3 Å². The second-order valence-electron chi connectivity index (χ2n) is 6.11. The van der Waals surface area contributed by atoms with Crippen LogP contribution in [0.5, 0.6) is 5.75 Å². The number of piperidine rings is 1. The molecule has 0 saturated carbocycles. The Hall–Kier alpha value is -1.95. The average molecular weight is 339 g/mol. The van der Waals surface area contributed by atoms with Crippen LogP contribution in [0, 0.1) is 5.92 Å². The van der Waals surface area contributed by atoms with Crippen LogP contribution >= 0.6 is 0 Å². The van der Waals surface area contributed by atoms with Crippen molar-refractivity contribution >= 4 is 11.5 Å². The zero-order valence-electron chi connectivity index (χ0n) is 13.9. The first-order valence-electron chi connectivity index (χ1n) is 8.08. The number of aliphatic hydroxyl groups is 1. The maximum absolute atomic E-state index is 12.5. The van der Waals surface area contributed by atoms with Crippen molar-refractivity contribution in [2.75, 3.05) is 13.1 Å². The smallest absolute Gasteiger partial charge is 0.387 e. The second kappa shape index (κ2) is 8.24. The molecule has 1 aromatic rings. The summed E-state index contributed by atoms with van der Waals surface area (Å²) in [6, 6.07) is 6.43. The monoisotopic (exact) mass is 339 g/mol. The van der Waals surface area contributed by atoms with E-state index in [2.05, 4.69) is 4.74 Å². The molecule has 1 aliphatic rings. The number of carbonyl (C=O) groups is 1. The molecule has 1 N–H and O–H groups in total. The first-order valence-corrected chi connectivity index (χ1v) is 8.08.